The highest BCUT2D eigenvalue weighted by Gasteiger charge is 2.30. The lowest BCUT2D eigenvalue weighted by Crippen LogP contribution is -2.42. The normalized spacial score (nSPS) is 16.4. The van der Waals surface area contributed by atoms with Gasteiger partial charge in [-0.3, -0.25) is 4.79 Å². The van der Waals surface area contributed by atoms with Crippen molar-refractivity contribution in [1.29, 1.82) is 0 Å². The van der Waals surface area contributed by atoms with Gasteiger partial charge in [-0.2, -0.15) is 0 Å². The molecule has 0 unspecified atom stereocenters. The number of amides is 1. The summed E-state index contributed by atoms with van der Waals surface area (Å²) in [6.07, 6.45) is 2.31. The zero-order valence-electron chi connectivity index (χ0n) is 15.5. The van der Waals surface area contributed by atoms with E-state index in [1.165, 1.54) is 23.5 Å². The zero-order valence-corrected chi connectivity index (χ0v) is 15.5. The van der Waals surface area contributed by atoms with E-state index in [0.29, 0.717) is 32.4 Å². The van der Waals surface area contributed by atoms with Crippen LogP contribution in [0.1, 0.15) is 40.7 Å². The molecule has 0 aromatic heterocycles. The Bertz CT molecular complexity index is 786. The van der Waals surface area contributed by atoms with Crippen molar-refractivity contribution in [3.8, 4) is 0 Å². The lowest BCUT2D eigenvalue weighted by Gasteiger charge is -2.34. The van der Waals surface area contributed by atoms with Crippen molar-refractivity contribution in [3.63, 3.8) is 0 Å². The Morgan fingerprint density at radius 3 is 2.48 bits per heavy atom. The highest BCUT2D eigenvalue weighted by Crippen LogP contribution is 2.26. The molecule has 1 aliphatic rings. The number of carbonyl (C=O) groups excluding carboxylic acids is 1. The van der Waals surface area contributed by atoms with Gasteiger partial charge in [-0.1, -0.05) is 36.4 Å². The molecular formula is C22H25F2NO2. The second-order valence-corrected chi connectivity index (χ2v) is 7.27. The Morgan fingerprint density at radius 2 is 1.81 bits per heavy atom. The Balaban J connectivity index is 1.55. The summed E-state index contributed by atoms with van der Waals surface area (Å²) in [5, 5.41) is 10.5. The SMILES string of the molecule is Cc1ccc(F)c(C(=O)N2CCC([C@H](O)CCc3ccccc3)CC2)c1F. The second kappa shape index (κ2) is 8.61. The standard InChI is InChI=1S/C22H25F2NO2/c1-15-7-9-18(23)20(21(15)24)22(27)25-13-11-17(12-14-25)19(26)10-8-16-5-3-2-4-6-16/h2-7,9,17,19,26H,8,10-14H2,1H3/t19-/m1/s1. The first-order valence-corrected chi connectivity index (χ1v) is 9.43. The number of piperidine rings is 1. The average molecular weight is 373 g/mol. The molecule has 144 valence electrons. The molecule has 0 radical (unpaired) electrons. The Morgan fingerprint density at radius 1 is 1.15 bits per heavy atom. The zero-order chi connectivity index (χ0) is 19.4. The molecule has 0 aliphatic carbocycles. The van der Waals surface area contributed by atoms with Crippen LogP contribution in [0.2, 0.25) is 0 Å². The van der Waals surface area contributed by atoms with Gasteiger partial charge >= 0.3 is 0 Å². The number of likely N-dealkylation sites (tertiary alicyclic amines) is 1. The highest BCUT2D eigenvalue weighted by molar-refractivity contribution is 5.95. The van der Waals surface area contributed by atoms with Gasteiger partial charge < -0.3 is 10.0 Å². The predicted octanol–water partition coefficient (Wildman–Crippen LogP) is 4.12. The summed E-state index contributed by atoms with van der Waals surface area (Å²) in [6, 6.07) is 12.5. The highest BCUT2D eigenvalue weighted by atomic mass is 19.1. The summed E-state index contributed by atoms with van der Waals surface area (Å²) >= 11 is 0. The van der Waals surface area contributed by atoms with Crippen molar-refractivity contribution in [2.45, 2.75) is 38.7 Å². The quantitative estimate of drug-likeness (QED) is 0.857. The molecule has 1 atom stereocenters. The largest absolute Gasteiger partial charge is 0.393 e. The topological polar surface area (TPSA) is 40.5 Å². The first-order chi connectivity index (χ1) is 13.0. The molecule has 2 aromatic rings. The summed E-state index contributed by atoms with van der Waals surface area (Å²) in [4.78, 5) is 14.1. The minimum absolute atomic E-state index is 0.102. The smallest absolute Gasteiger partial charge is 0.259 e. The van der Waals surface area contributed by atoms with Gasteiger partial charge in [0.05, 0.1) is 6.10 Å². The third-order valence-electron chi connectivity index (χ3n) is 5.44. The predicted molar refractivity (Wildman–Crippen MR) is 100 cm³/mol. The molecule has 1 aliphatic heterocycles. The summed E-state index contributed by atoms with van der Waals surface area (Å²) in [5.74, 6) is -2.12. The van der Waals surface area contributed by atoms with Crippen LogP contribution in [0.3, 0.4) is 0 Å². The van der Waals surface area contributed by atoms with Crippen molar-refractivity contribution in [2.24, 2.45) is 5.92 Å². The van der Waals surface area contributed by atoms with E-state index in [4.69, 9.17) is 0 Å². The van der Waals surface area contributed by atoms with Gasteiger partial charge in [0, 0.05) is 13.1 Å². The average Bonchev–Trinajstić information content (AvgIpc) is 2.70. The molecule has 1 heterocycles. The number of rotatable bonds is 5. The number of hydrogen-bond acceptors (Lipinski definition) is 2. The van der Waals surface area contributed by atoms with Crippen LogP contribution in [0.15, 0.2) is 42.5 Å². The fraction of sp³-hybridized carbons (Fsp3) is 0.409. The number of hydrogen-bond donors (Lipinski definition) is 1. The van der Waals surface area contributed by atoms with E-state index in [1.807, 2.05) is 30.3 Å². The lowest BCUT2D eigenvalue weighted by molar-refractivity contribution is 0.0431. The molecule has 1 saturated heterocycles. The number of carbonyl (C=O) groups is 1. The van der Waals surface area contributed by atoms with Gasteiger partial charge in [0.2, 0.25) is 0 Å². The molecule has 2 aromatic carbocycles. The third kappa shape index (κ3) is 4.53. The molecule has 5 heteroatoms. The molecule has 1 N–H and O–H groups in total. The molecular weight excluding hydrogens is 348 g/mol. The lowest BCUT2D eigenvalue weighted by atomic mass is 9.88. The van der Waals surface area contributed by atoms with Crippen molar-refractivity contribution in [1.82, 2.24) is 4.90 Å². The number of aryl methyl sites for hydroxylation is 2. The maximum absolute atomic E-state index is 14.2. The van der Waals surface area contributed by atoms with Crippen LogP contribution in [0.25, 0.3) is 0 Å². The van der Waals surface area contributed by atoms with Gasteiger partial charge in [-0.15, -0.1) is 0 Å². The summed E-state index contributed by atoms with van der Waals surface area (Å²) in [6.45, 7) is 2.32. The van der Waals surface area contributed by atoms with Crippen molar-refractivity contribution in [3.05, 3.63) is 70.8 Å². The fourth-order valence-electron chi connectivity index (χ4n) is 3.69. The minimum Gasteiger partial charge on any atom is -0.393 e. The Kier molecular flexibility index (Phi) is 6.22. The van der Waals surface area contributed by atoms with Gasteiger partial charge in [-0.05, 0) is 55.7 Å². The number of aliphatic hydroxyl groups is 1. The minimum atomic E-state index is -0.826. The first-order valence-electron chi connectivity index (χ1n) is 9.43. The molecule has 3 rings (SSSR count). The first kappa shape index (κ1) is 19.5. The number of benzene rings is 2. The van der Waals surface area contributed by atoms with E-state index in [2.05, 4.69) is 0 Å². The van der Waals surface area contributed by atoms with E-state index in [9.17, 15) is 18.7 Å². The van der Waals surface area contributed by atoms with E-state index in [1.54, 1.807) is 0 Å². The van der Waals surface area contributed by atoms with E-state index >= 15 is 0 Å². The Labute approximate surface area is 158 Å². The van der Waals surface area contributed by atoms with E-state index in [-0.39, 0.29) is 11.5 Å². The molecule has 0 bridgehead atoms. The van der Waals surface area contributed by atoms with Gasteiger partial charge in [0.15, 0.2) is 0 Å². The molecule has 1 amide bonds. The maximum Gasteiger partial charge on any atom is 0.259 e. The molecule has 0 spiro atoms. The van der Waals surface area contributed by atoms with Gasteiger partial charge in [-0.25, -0.2) is 8.78 Å². The van der Waals surface area contributed by atoms with E-state index < -0.39 is 29.2 Å². The van der Waals surface area contributed by atoms with Crippen LogP contribution in [-0.2, 0) is 6.42 Å². The second-order valence-electron chi connectivity index (χ2n) is 7.27. The monoisotopic (exact) mass is 373 g/mol. The van der Waals surface area contributed by atoms with Gasteiger partial charge in [0.1, 0.15) is 17.2 Å². The van der Waals surface area contributed by atoms with Gasteiger partial charge in [0.25, 0.3) is 5.91 Å². The summed E-state index contributed by atoms with van der Waals surface area (Å²) in [7, 11) is 0. The number of aliphatic hydroxyl groups excluding tert-OH is 1. The van der Waals surface area contributed by atoms with Crippen LogP contribution in [0.5, 0.6) is 0 Å². The maximum atomic E-state index is 14.2. The van der Waals surface area contributed by atoms with Crippen molar-refractivity contribution >= 4 is 5.91 Å². The van der Waals surface area contributed by atoms with Crippen LogP contribution < -0.4 is 0 Å². The molecule has 3 nitrogen and oxygen atoms in total. The van der Waals surface area contributed by atoms with Crippen LogP contribution in [0, 0.1) is 24.5 Å². The van der Waals surface area contributed by atoms with Crippen molar-refractivity contribution in [2.75, 3.05) is 13.1 Å². The third-order valence-corrected chi connectivity index (χ3v) is 5.44. The summed E-state index contributed by atoms with van der Waals surface area (Å²) in [5.41, 5.74) is 0.971. The van der Waals surface area contributed by atoms with Crippen LogP contribution >= 0.6 is 0 Å². The number of nitrogens with zero attached hydrogens (tertiary/aromatic N) is 1. The molecule has 27 heavy (non-hydrogen) atoms. The number of halogens is 2. The molecule has 1 fully saturated rings. The van der Waals surface area contributed by atoms with Crippen LogP contribution in [-0.4, -0.2) is 35.1 Å². The summed E-state index contributed by atoms with van der Waals surface area (Å²) < 4.78 is 28.2. The molecule has 0 saturated carbocycles. The fourth-order valence-corrected chi connectivity index (χ4v) is 3.69. The van der Waals surface area contributed by atoms with Crippen LogP contribution in [0.4, 0.5) is 8.78 Å². The van der Waals surface area contributed by atoms with E-state index in [0.717, 1.165) is 12.5 Å². The Hall–Kier alpha value is -2.27. The van der Waals surface area contributed by atoms with Crippen molar-refractivity contribution < 1.29 is 18.7 Å².